The summed E-state index contributed by atoms with van der Waals surface area (Å²) in [6.45, 7) is 0. The van der Waals surface area contributed by atoms with Crippen molar-refractivity contribution in [2.75, 3.05) is 0 Å². The van der Waals surface area contributed by atoms with Gasteiger partial charge in [0.25, 0.3) is 0 Å². The summed E-state index contributed by atoms with van der Waals surface area (Å²) in [6, 6.07) is 10.2. The lowest BCUT2D eigenvalue weighted by molar-refractivity contribution is 0.317. The molecule has 0 bridgehead atoms. The summed E-state index contributed by atoms with van der Waals surface area (Å²) in [5.41, 5.74) is 4.57. The van der Waals surface area contributed by atoms with Crippen LogP contribution in [0, 0.1) is 5.82 Å². The van der Waals surface area contributed by atoms with E-state index < -0.39 is 5.82 Å². The zero-order valence-electron chi connectivity index (χ0n) is 10.1. The Kier molecular flexibility index (Phi) is 2.71. The molecule has 0 radical (unpaired) electrons. The van der Waals surface area contributed by atoms with E-state index >= 15 is 0 Å². The summed E-state index contributed by atoms with van der Waals surface area (Å²) >= 11 is 0. The number of rotatable bonds is 1. The second-order valence-corrected chi connectivity index (χ2v) is 4.67. The fraction of sp³-hybridized carbons (Fsp3) is 0.133. The summed E-state index contributed by atoms with van der Waals surface area (Å²) in [5, 5.41) is 21.2. The highest BCUT2D eigenvalue weighted by Crippen LogP contribution is 2.29. The van der Waals surface area contributed by atoms with Gasteiger partial charge in [-0.1, -0.05) is 29.4 Å². The van der Waals surface area contributed by atoms with Crippen LogP contribution in [0.5, 0.6) is 5.75 Å². The van der Waals surface area contributed by atoms with Crippen molar-refractivity contribution < 1.29 is 14.7 Å². The number of hydrogen-bond donors (Lipinski definition) is 2. The first-order valence-electron chi connectivity index (χ1n) is 5.98. The van der Waals surface area contributed by atoms with Crippen molar-refractivity contribution in [3.05, 3.63) is 53.3 Å². The molecular weight excluding hydrogens is 245 g/mol. The van der Waals surface area contributed by atoms with E-state index in [0.717, 1.165) is 22.4 Å². The van der Waals surface area contributed by atoms with Crippen molar-refractivity contribution in [1.29, 1.82) is 0 Å². The van der Waals surface area contributed by atoms with Crippen LogP contribution in [0.2, 0.25) is 0 Å². The molecule has 0 aliphatic heterocycles. The molecule has 0 unspecified atom stereocenters. The molecule has 3 rings (SSSR count). The molecule has 1 aliphatic rings. The first kappa shape index (κ1) is 11.7. The van der Waals surface area contributed by atoms with Gasteiger partial charge in [0.15, 0.2) is 11.6 Å². The second kappa shape index (κ2) is 4.39. The molecule has 2 N–H and O–H groups in total. The topological polar surface area (TPSA) is 52.8 Å². The molecular formula is C15H12FNO2. The Hall–Kier alpha value is -2.36. The number of halogens is 1. The van der Waals surface area contributed by atoms with Gasteiger partial charge in [-0.3, -0.25) is 0 Å². The third-order valence-corrected chi connectivity index (χ3v) is 3.42. The van der Waals surface area contributed by atoms with Crippen molar-refractivity contribution in [2.24, 2.45) is 5.16 Å². The Labute approximate surface area is 109 Å². The lowest BCUT2D eigenvalue weighted by Crippen LogP contribution is -1.94. The number of phenolic OH excluding ortho intramolecular Hbond substituents is 1. The van der Waals surface area contributed by atoms with Crippen LogP contribution in [0.3, 0.4) is 0 Å². The average Bonchev–Trinajstić information content (AvgIpc) is 2.83. The Morgan fingerprint density at radius 1 is 0.947 bits per heavy atom. The van der Waals surface area contributed by atoms with Gasteiger partial charge in [-0.15, -0.1) is 0 Å². The van der Waals surface area contributed by atoms with E-state index in [0.29, 0.717) is 18.4 Å². The Bertz CT molecular complexity index is 680. The van der Waals surface area contributed by atoms with Crippen molar-refractivity contribution in [3.8, 4) is 16.9 Å². The number of phenols is 1. The van der Waals surface area contributed by atoms with Crippen molar-refractivity contribution in [2.45, 2.75) is 12.8 Å². The lowest BCUT2D eigenvalue weighted by atomic mass is 10.0. The van der Waals surface area contributed by atoms with E-state index in [4.69, 9.17) is 5.21 Å². The highest BCUT2D eigenvalue weighted by atomic mass is 19.1. The van der Waals surface area contributed by atoms with Gasteiger partial charge in [-0.25, -0.2) is 4.39 Å². The van der Waals surface area contributed by atoms with E-state index in [-0.39, 0.29) is 5.75 Å². The van der Waals surface area contributed by atoms with Gasteiger partial charge in [-0.05, 0) is 34.4 Å². The fourth-order valence-electron chi connectivity index (χ4n) is 2.40. The Morgan fingerprint density at radius 3 is 2.37 bits per heavy atom. The zero-order valence-corrected chi connectivity index (χ0v) is 10.1. The molecule has 2 aromatic rings. The van der Waals surface area contributed by atoms with Gasteiger partial charge < -0.3 is 10.3 Å². The summed E-state index contributed by atoms with van der Waals surface area (Å²) in [5.74, 6) is -0.977. The van der Waals surface area contributed by atoms with Crippen LogP contribution in [-0.4, -0.2) is 16.0 Å². The van der Waals surface area contributed by atoms with Gasteiger partial charge in [0.05, 0.1) is 5.71 Å². The molecule has 96 valence electrons. The van der Waals surface area contributed by atoms with Crippen LogP contribution in [0.15, 0.2) is 41.6 Å². The standard InChI is InChI=1S/C15H12FNO2/c16-14-8-11(3-4-15(14)18)9-1-2-10-6-13(17-19)7-12(10)5-9/h1-5,8,18-19H,6-7H2/b17-13-. The second-order valence-electron chi connectivity index (χ2n) is 4.67. The third-order valence-electron chi connectivity index (χ3n) is 3.42. The molecule has 1 aliphatic carbocycles. The monoisotopic (exact) mass is 257 g/mol. The molecule has 2 aromatic carbocycles. The predicted octanol–water partition coefficient (Wildman–Crippen LogP) is 3.13. The minimum Gasteiger partial charge on any atom is -0.505 e. The predicted molar refractivity (Wildman–Crippen MR) is 70.1 cm³/mol. The quantitative estimate of drug-likeness (QED) is 0.609. The van der Waals surface area contributed by atoms with Crippen LogP contribution in [0.25, 0.3) is 11.1 Å². The smallest absolute Gasteiger partial charge is 0.165 e. The van der Waals surface area contributed by atoms with Crippen molar-refractivity contribution >= 4 is 5.71 Å². The lowest BCUT2D eigenvalue weighted by Gasteiger charge is -2.05. The number of oxime groups is 1. The molecule has 0 heterocycles. The normalized spacial score (nSPS) is 15.7. The highest BCUT2D eigenvalue weighted by Gasteiger charge is 2.17. The minimum absolute atomic E-state index is 0.348. The maximum absolute atomic E-state index is 13.4. The summed E-state index contributed by atoms with van der Waals surface area (Å²) in [6.07, 6.45) is 1.29. The molecule has 3 nitrogen and oxygen atoms in total. The molecule has 0 saturated heterocycles. The van der Waals surface area contributed by atoms with E-state index in [2.05, 4.69) is 5.16 Å². The van der Waals surface area contributed by atoms with Crippen LogP contribution < -0.4 is 0 Å². The van der Waals surface area contributed by atoms with Crippen LogP contribution in [0.4, 0.5) is 4.39 Å². The Balaban J connectivity index is 2.02. The zero-order chi connectivity index (χ0) is 13.4. The van der Waals surface area contributed by atoms with Gasteiger partial charge >= 0.3 is 0 Å². The number of benzene rings is 2. The maximum atomic E-state index is 13.4. The number of fused-ring (bicyclic) bond motifs is 1. The molecule has 19 heavy (non-hydrogen) atoms. The Morgan fingerprint density at radius 2 is 1.63 bits per heavy atom. The molecule has 0 spiro atoms. The SMILES string of the molecule is O/N=C1/Cc2ccc(-c3ccc(O)c(F)c3)cc2C1. The minimum atomic E-state index is -0.629. The third kappa shape index (κ3) is 2.05. The van der Waals surface area contributed by atoms with E-state index in [1.165, 1.54) is 12.1 Å². The first-order valence-corrected chi connectivity index (χ1v) is 5.98. The van der Waals surface area contributed by atoms with Gasteiger partial charge in [-0.2, -0.15) is 0 Å². The van der Waals surface area contributed by atoms with Crippen LogP contribution in [-0.2, 0) is 12.8 Å². The maximum Gasteiger partial charge on any atom is 0.165 e. The van der Waals surface area contributed by atoms with E-state index in [1.807, 2.05) is 18.2 Å². The van der Waals surface area contributed by atoms with Crippen LogP contribution in [0.1, 0.15) is 11.1 Å². The van der Waals surface area contributed by atoms with Gasteiger partial charge in [0.2, 0.25) is 0 Å². The number of hydrogen-bond acceptors (Lipinski definition) is 3. The molecule has 0 atom stereocenters. The summed E-state index contributed by atoms with van der Waals surface area (Å²) in [7, 11) is 0. The van der Waals surface area contributed by atoms with Gasteiger partial charge in [0.1, 0.15) is 0 Å². The van der Waals surface area contributed by atoms with Crippen molar-refractivity contribution in [1.82, 2.24) is 0 Å². The first-order chi connectivity index (χ1) is 9.17. The molecule has 0 aromatic heterocycles. The van der Waals surface area contributed by atoms with E-state index in [1.54, 1.807) is 6.07 Å². The van der Waals surface area contributed by atoms with Gasteiger partial charge in [0, 0.05) is 12.8 Å². The fourth-order valence-corrected chi connectivity index (χ4v) is 2.40. The molecule has 0 amide bonds. The summed E-state index contributed by atoms with van der Waals surface area (Å²) < 4.78 is 13.4. The van der Waals surface area contributed by atoms with Crippen molar-refractivity contribution in [3.63, 3.8) is 0 Å². The number of aromatic hydroxyl groups is 1. The highest BCUT2D eigenvalue weighted by molar-refractivity contribution is 5.92. The number of nitrogens with zero attached hydrogens (tertiary/aromatic N) is 1. The molecule has 0 fully saturated rings. The van der Waals surface area contributed by atoms with Crippen LogP contribution >= 0.6 is 0 Å². The molecule has 4 heteroatoms. The largest absolute Gasteiger partial charge is 0.505 e. The van der Waals surface area contributed by atoms with E-state index in [9.17, 15) is 9.50 Å². The molecule has 0 saturated carbocycles. The summed E-state index contributed by atoms with van der Waals surface area (Å²) in [4.78, 5) is 0. The average molecular weight is 257 g/mol.